The Hall–Kier alpha value is -1.26. The van der Waals surface area contributed by atoms with Gasteiger partial charge in [0.05, 0.1) is 6.61 Å². The van der Waals surface area contributed by atoms with E-state index in [1.807, 2.05) is 30.3 Å². The minimum atomic E-state index is 0. The second-order valence-electron chi connectivity index (χ2n) is 3.40. The minimum absolute atomic E-state index is 0. The molecule has 0 radical (unpaired) electrons. The van der Waals surface area contributed by atoms with E-state index >= 15 is 0 Å². The monoisotopic (exact) mass is 258 g/mol. The van der Waals surface area contributed by atoms with Crippen molar-refractivity contribution in [3.8, 4) is 5.75 Å². The van der Waals surface area contributed by atoms with E-state index in [0.29, 0.717) is 32.5 Å². The summed E-state index contributed by atoms with van der Waals surface area (Å²) in [6.07, 6.45) is 1.19. The van der Waals surface area contributed by atoms with Crippen LogP contribution in [0.2, 0.25) is 0 Å². The molecule has 0 aliphatic carbocycles. The minimum Gasteiger partial charge on any atom is -0.494 e. The molecule has 17 heavy (non-hydrogen) atoms. The number of nitrogens with one attached hydrogen (secondary N) is 1. The van der Waals surface area contributed by atoms with Crippen molar-refractivity contribution in [2.75, 3.05) is 19.7 Å². The molecule has 1 aromatic carbocycles. The Morgan fingerprint density at radius 2 is 2.00 bits per heavy atom. The van der Waals surface area contributed by atoms with Gasteiger partial charge in [0.1, 0.15) is 5.75 Å². The summed E-state index contributed by atoms with van der Waals surface area (Å²) in [6.45, 7) is 1.57. The lowest BCUT2D eigenvalue weighted by Crippen LogP contribution is -2.29. The molecule has 0 saturated carbocycles. The molecule has 0 aliphatic rings. The van der Waals surface area contributed by atoms with Crippen LogP contribution in [0.15, 0.2) is 30.3 Å². The van der Waals surface area contributed by atoms with Crippen LogP contribution in [0, 0.1) is 0 Å². The van der Waals surface area contributed by atoms with Crippen LogP contribution in [0.25, 0.3) is 0 Å². The lowest BCUT2D eigenvalue weighted by Gasteiger charge is -2.06. The third-order valence-corrected chi connectivity index (χ3v) is 2.03. The molecule has 1 amide bonds. The van der Waals surface area contributed by atoms with E-state index in [1.165, 1.54) is 0 Å². The molecule has 0 saturated heterocycles. The van der Waals surface area contributed by atoms with Gasteiger partial charge >= 0.3 is 0 Å². The van der Waals surface area contributed by atoms with Gasteiger partial charge in [0.2, 0.25) is 5.91 Å². The second kappa shape index (κ2) is 9.93. The van der Waals surface area contributed by atoms with Gasteiger partial charge in [-0.2, -0.15) is 0 Å². The Labute approximate surface area is 108 Å². The van der Waals surface area contributed by atoms with Crippen LogP contribution in [0.4, 0.5) is 0 Å². The maximum absolute atomic E-state index is 11.2. The third-order valence-electron chi connectivity index (χ3n) is 2.03. The quantitative estimate of drug-likeness (QED) is 0.726. The molecule has 1 rings (SSSR count). The Kier molecular flexibility index (Phi) is 9.19. The zero-order valence-electron chi connectivity index (χ0n) is 9.72. The second-order valence-corrected chi connectivity index (χ2v) is 3.40. The van der Waals surface area contributed by atoms with E-state index in [1.54, 1.807) is 0 Å². The molecule has 0 aromatic heterocycles. The predicted octanol–water partition coefficient (Wildman–Crippen LogP) is 1.34. The number of nitrogens with two attached hydrogens (primary N) is 1. The van der Waals surface area contributed by atoms with Crippen LogP contribution >= 0.6 is 12.4 Å². The largest absolute Gasteiger partial charge is 0.494 e. The van der Waals surface area contributed by atoms with Crippen molar-refractivity contribution < 1.29 is 9.53 Å². The normalized spacial score (nSPS) is 9.24. The molecule has 0 bridgehead atoms. The highest BCUT2D eigenvalue weighted by atomic mass is 35.5. The van der Waals surface area contributed by atoms with E-state index in [4.69, 9.17) is 10.5 Å². The first-order valence-electron chi connectivity index (χ1n) is 5.47. The standard InChI is InChI=1S/C12H18N2O2.ClH/c13-8-9-14-12(15)7-4-10-16-11-5-2-1-3-6-11;/h1-3,5-6H,4,7-10,13H2,(H,14,15);1H. The van der Waals surface area contributed by atoms with Crippen LogP contribution in [0.3, 0.4) is 0 Å². The molecule has 0 spiro atoms. The molecule has 0 fully saturated rings. The van der Waals surface area contributed by atoms with Gasteiger partial charge in [-0.05, 0) is 18.6 Å². The SMILES string of the molecule is Cl.NCCNC(=O)CCCOc1ccccc1. The summed E-state index contributed by atoms with van der Waals surface area (Å²) in [5, 5.41) is 2.71. The van der Waals surface area contributed by atoms with E-state index in [-0.39, 0.29) is 18.3 Å². The van der Waals surface area contributed by atoms with Crippen molar-refractivity contribution in [3.05, 3.63) is 30.3 Å². The van der Waals surface area contributed by atoms with E-state index in [9.17, 15) is 4.79 Å². The highest BCUT2D eigenvalue weighted by molar-refractivity contribution is 5.85. The van der Waals surface area contributed by atoms with Gasteiger partial charge in [0.15, 0.2) is 0 Å². The fourth-order valence-electron chi connectivity index (χ4n) is 1.24. The average Bonchev–Trinajstić information content (AvgIpc) is 2.33. The highest BCUT2D eigenvalue weighted by Gasteiger charge is 1.99. The number of amides is 1. The lowest BCUT2D eigenvalue weighted by molar-refractivity contribution is -0.121. The number of rotatable bonds is 7. The number of hydrogen-bond acceptors (Lipinski definition) is 3. The molecule has 0 atom stereocenters. The first kappa shape index (κ1) is 15.7. The van der Waals surface area contributed by atoms with Gasteiger partial charge in [-0.15, -0.1) is 12.4 Å². The maximum Gasteiger partial charge on any atom is 0.220 e. The predicted molar refractivity (Wildman–Crippen MR) is 70.5 cm³/mol. The van der Waals surface area contributed by atoms with Gasteiger partial charge in [-0.25, -0.2) is 0 Å². The number of halogens is 1. The first-order valence-corrected chi connectivity index (χ1v) is 5.47. The van der Waals surface area contributed by atoms with Crippen LogP contribution in [-0.2, 0) is 4.79 Å². The Morgan fingerprint density at radius 3 is 2.65 bits per heavy atom. The summed E-state index contributed by atoms with van der Waals surface area (Å²) < 4.78 is 5.46. The van der Waals surface area contributed by atoms with Crippen molar-refractivity contribution in [1.29, 1.82) is 0 Å². The molecular weight excluding hydrogens is 240 g/mol. The Bertz CT molecular complexity index is 307. The number of benzene rings is 1. The van der Waals surface area contributed by atoms with Crippen LogP contribution in [0.5, 0.6) is 5.75 Å². The van der Waals surface area contributed by atoms with Gasteiger partial charge in [0.25, 0.3) is 0 Å². The number of carbonyl (C=O) groups excluding carboxylic acids is 1. The van der Waals surface area contributed by atoms with Crippen molar-refractivity contribution in [3.63, 3.8) is 0 Å². The molecular formula is C12H19ClN2O2. The lowest BCUT2D eigenvalue weighted by atomic mass is 10.3. The molecule has 0 unspecified atom stereocenters. The fraction of sp³-hybridized carbons (Fsp3) is 0.417. The number of hydrogen-bond donors (Lipinski definition) is 2. The van der Waals surface area contributed by atoms with E-state index in [0.717, 1.165) is 5.75 Å². The summed E-state index contributed by atoms with van der Waals surface area (Å²) in [7, 11) is 0. The summed E-state index contributed by atoms with van der Waals surface area (Å²) >= 11 is 0. The fourth-order valence-corrected chi connectivity index (χ4v) is 1.24. The first-order chi connectivity index (χ1) is 7.83. The Morgan fingerprint density at radius 1 is 1.29 bits per heavy atom. The van der Waals surface area contributed by atoms with Crippen LogP contribution < -0.4 is 15.8 Å². The molecule has 0 aliphatic heterocycles. The van der Waals surface area contributed by atoms with Gasteiger partial charge in [-0.1, -0.05) is 18.2 Å². The smallest absolute Gasteiger partial charge is 0.220 e. The summed E-state index contributed by atoms with van der Waals surface area (Å²) in [5.41, 5.74) is 5.27. The van der Waals surface area contributed by atoms with E-state index in [2.05, 4.69) is 5.32 Å². The van der Waals surface area contributed by atoms with Crippen molar-refractivity contribution in [2.24, 2.45) is 5.73 Å². The van der Waals surface area contributed by atoms with Gasteiger partial charge in [-0.3, -0.25) is 4.79 Å². The zero-order chi connectivity index (χ0) is 11.6. The number of carbonyl (C=O) groups is 1. The van der Waals surface area contributed by atoms with E-state index < -0.39 is 0 Å². The summed E-state index contributed by atoms with van der Waals surface area (Å²) in [6, 6.07) is 9.57. The molecule has 96 valence electrons. The Balaban J connectivity index is 0.00000256. The molecule has 1 aromatic rings. The molecule has 4 nitrogen and oxygen atoms in total. The van der Waals surface area contributed by atoms with Gasteiger partial charge < -0.3 is 15.8 Å². The zero-order valence-corrected chi connectivity index (χ0v) is 10.5. The van der Waals surface area contributed by atoms with Crippen molar-refractivity contribution >= 4 is 18.3 Å². The van der Waals surface area contributed by atoms with Crippen molar-refractivity contribution in [1.82, 2.24) is 5.32 Å². The average molecular weight is 259 g/mol. The summed E-state index contributed by atoms with van der Waals surface area (Å²) in [5.74, 6) is 0.868. The topological polar surface area (TPSA) is 64.3 Å². The highest BCUT2D eigenvalue weighted by Crippen LogP contribution is 2.08. The number of para-hydroxylation sites is 1. The number of ether oxygens (including phenoxy) is 1. The van der Waals surface area contributed by atoms with Gasteiger partial charge in [0, 0.05) is 19.5 Å². The summed E-state index contributed by atoms with van der Waals surface area (Å²) in [4.78, 5) is 11.2. The molecule has 3 N–H and O–H groups in total. The van der Waals surface area contributed by atoms with Crippen molar-refractivity contribution in [2.45, 2.75) is 12.8 Å². The third kappa shape index (κ3) is 7.60. The molecule has 5 heteroatoms. The van der Waals surface area contributed by atoms with Crippen LogP contribution in [-0.4, -0.2) is 25.6 Å². The maximum atomic E-state index is 11.2. The molecule has 0 heterocycles. The van der Waals surface area contributed by atoms with Crippen LogP contribution in [0.1, 0.15) is 12.8 Å².